The molecule has 0 amide bonds. The molecule has 0 spiro atoms. The third kappa shape index (κ3) is 6.33. The lowest BCUT2D eigenvalue weighted by Crippen LogP contribution is -2.24. The highest BCUT2D eigenvalue weighted by Crippen LogP contribution is 2.36. The van der Waals surface area contributed by atoms with Gasteiger partial charge in [0.1, 0.15) is 17.6 Å². The van der Waals surface area contributed by atoms with E-state index in [0.29, 0.717) is 11.8 Å². The van der Waals surface area contributed by atoms with Crippen LogP contribution < -0.4 is 4.74 Å². The average Bonchev–Trinajstić information content (AvgIpc) is 2.24. The van der Waals surface area contributed by atoms with E-state index in [1.807, 2.05) is 19.1 Å². The van der Waals surface area contributed by atoms with Gasteiger partial charge in [0.05, 0.1) is 0 Å². The predicted molar refractivity (Wildman–Crippen MR) is 88.9 cm³/mol. The van der Waals surface area contributed by atoms with Gasteiger partial charge in [-0.3, -0.25) is 4.79 Å². The molecular formula is C19H30O2. The third-order valence-corrected chi connectivity index (χ3v) is 3.52. The Kier molecular flexibility index (Phi) is 5.61. The number of benzene rings is 1. The van der Waals surface area contributed by atoms with Gasteiger partial charge in [-0.1, -0.05) is 46.8 Å². The summed E-state index contributed by atoms with van der Waals surface area (Å²) in [6.07, 6.45) is 1.51. The van der Waals surface area contributed by atoms with Crippen LogP contribution in [0.5, 0.6) is 5.75 Å². The van der Waals surface area contributed by atoms with E-state index in [1.54, 1.807) is 6.92 Å². The van der Waals surface area contributed by atoms with Gasteiger partial charge in [0.15, 0.2) is 0 Å². The van der Waals surface area contributed by atoms with E-state index >= 15 is 0 Å². The summed E-state index contributed by atoms with van der Waals surface area (Å²) in [5.41, 5.74) is 1.76. The van der Waals surface area contributed by atoms with Crippen molar-refractivity contribution in [2.45, 2.75) is 72.8 Å². The minimum atomic E-state index is -0.0732. The average molecular weight is 290 g/mol. The molecule has 118 valence electrons. The molecule has 0 aromatic heterocycles. The van der Waals surface area contributed by atoms with Crippen LogP contribution in [0.1, 0.15) is 66.9 Å². The Hall–Kier alpha value is -1.31. The first-order valence-corrected chi connectivity index (χ1v) is 7.76. The maximum atomic E-state index is 11.1. The molecule has 1 atom stereocenters. The fourth-order valence-electron chi connectivity index (χ4n) is 3.09. The molecule has 0 aliphatic heterocycles. The zero-order valence-corrected chi connectivity index (χ0v) is 14.6. The van der Waals surface area contributed by atoms with Crippen molar-refractivity contribution in [3.8, 4) is 5.75 Å². The van der Waals surface area contributed by atoms with Crippen LogP contribution in [0, 0.1) is 5.41 Å². The first-order chi connectivity index (χ1) is 9.49. The molecule has 0 radical (unpaired) electrons. The highest BCUT2D eigenvalue weighted by atomic mass is 16.5. The molecule has 1 aromatic rings. The lowest BCUT2D eigenvalue weighted by molar-refractivity contribution is -0.118. The van der Waals surface area contributed by atoms with Crippen molar-refractivity contribution < 1.29 is 9.53 Å². The SMILES string of the molecule is CC(=O)CC(C)Oc1ccc(C(C)(C)CC(C)(C)C)cc1. The molecule has 21 heavy (non-hydrogen) atoms. The van der Waals surface area contributed by atoms with E-state index in [-0.39, 0.29) is 17.3 Å². The van der Waals surface area contributed by atoms with Crippen LogP contribution in [0.15, 0.2) is 24.3 Å². The number of hydrogen-bond acceptors (Lipinski definition) is 2. The number of ether oxygens (including phenoxy) is 1. The van der Waals surface area contributed by atoms with Gasteiger partial charge < -0.3 is 4.74 Å². The maximum Gasteiger partial charge on any atom is 0.133 e. The van der Waals surface area contributed by atoms with Crippen molar-refractivity contribution in [1.29, 1.82) is 0 Å². The molecule has 1 unspecified atom stereocenters. The van der Waals surface area contributed by atoms with Crippen LogP contribution in [-0.2, 0) is 10.2 Å². The van der Waals surface area contributed by atoms with E-state index in [4.69, 9.17) is 4.74 Å². The number of carbonyl (C=O) groups excluding carboxylic acids is 1. The molecule has 0 heterocycles. The Labute approximate surface area is 129 Å². The van der Waals surface area contributed by atoms with Crippen LogP contribution >= 0.6 is 0 Å². The molecule has 0 aliphatic carbocycles. The Bertz CT molecular complexity index is 463. The highest BCUT2D eigenvalue weighted by Gasteiger charge is 2.27. The van der Waals surface area contributed by atoms with Crippen molar-refractivity contribution in [2.24, 2.45) is 5.41 Å². The second-order valence-corrected chi connectivity index (χ2v) is 7.98. The van der Waals surface area contributed by atoms with Crippen molar-refractivity contribution in [2.75, 3.05) is 0 Å². The van der Waals surface area contributed by atoms with Crippen molar-refractivity contribution in [3.63, 3.8) is 0 Å². The molecule has 1 aromatic carbocycles. The number of Topliss-reactive ketones (excluding diaryl/α,β-unsaturated/α-hetero) is 1. The second kappa shape index (κ2) is 6.64. The van der Waals surface area contributed by atoms with Gasteiger partial charge in [0.25, 0.3) is 0 Å². The van der Waals surface area contributed by atoms with Crippen molar-refractivity contribution in [3.05, 3.63) is 29.8 Å². The zero-order chi connectivity index (χ0) is 16.3. The van der Waals surface area contributed by atoms with E-state index in [1.165, 1.54) is 5.56 Å². The molecule has 0 bridgehead atoms. The molecule has 0 saturated carbocycles. The van der Waals surface area contributed by atoms with Gasteiger partial charge in [0, 0.05) is 6.42 Å². The van der Waals surface area contributed by atoms with Crippen molar-refractivity contribution in [1.82, 2.24) is 0 Å². The molecule has 0 saturated heterocycles. The van der Waals surface area contributed by atoms with Gasteiger partial charge in [0.2, 0.25) is 0 Å². The maximum absolute atomic E-state index is 11.1. The minimum Gasteiger partial charge on any atom is -0.490 e. The smallest absolute Gasteiger partial charge is 0.133 e. The van der Waals surface area contributed by atoms with Gasteiger partial charge >= 0.3 is 0 Å². The second-order valence-electron chi connectivity index (χ2n) is 7.98. The zero-order valence-electron chi connectivity index (χ0n) is 14.6. The summed E-state index contributed by atoms with van der Waals surface area (Å²) in [5, 5.41) is 0. The Morgan fingerprint density at radius 3 is 2.05 bits per heavy atom. The summed E-state index contributed by atoms with van der Waals surface area (Å²) in [6, 6.07) is 8.30. The minimum absolute atomic E-state index is 0.0732. The number of rotatable bonds is 6. The quantitative estimate of drug-likeness (QED) is 0.724. The third-order valence-electron chi connectivity index (χ3n) is 3.52. The molecule has 0 aliphatic rings. The largest absolute Gasteiger partial charge is 0.490 e. The summed E-state index contributed by atoms with van der Waals surface area (Å²) < 4.78 is 5.77. The normalized spacial score (nSPS) is 13.9. The summed E-state index contributed by atoms with van der Waals surface area (Å²) in [6.45, 7) is 14.9. The Morgan fingerprint density at radius 2 is 1.62 bits per heavy atom. The fourth-order valence-corrected chi connectivity index (χ4v) is 3.09. The highest BCUT2D eigenvalue weighted by molar-refractivity contribution is 5.75. The van der Waals surface area contributed by atoms with Crippen LogP contribution in [0.3, 0.4) is 0 Å². The lowest BCUT2D eigenvalue weighted by atomic mass is 9.72. The summed E-state index contributed by atoms with van der Waals surface area (Å²) >= 11 is 0. The number of ketones is 1. The molecule has 0 fully saturated rings. The molecule has 2 nitrogen and oxygen atoms in total. The van der Waals surface area contributed by atoms with Gasteiger partial charge in [-0.05, 0) is 48.8 Å². The topological polar surface area (TPSA) is 26.3 Å². The molecule has 2 heteroatoms. The number of hydrogen-bond donors (Lipinski definition) is 0. The van der Waals surface area contributed by atoms with Crippen LogP contribution in [0.25, 0.3) is 0 Å². The first-order valence-electron chi connectivity index (χ1n) is 7.76. The van der Waals surface area contributed by atoms with Crippen LogP contribution in [-0.4, -0.2) is 11.9 Å². The molecular weight excluding hydrogens is 260 g/mol. The monoisotopic (exact) mass is 290 g/mol. The summed E-state index contributed by atoms with van der Waals surface area (Å²) in [7, 11) is 0. The van der Waals surface area contributed by atoms with E-state index in [0.717, 1.165) is 12.2 Å². The summed E-state index contributed by atoms with van der Waals surface area (Å²) in [5.74, 6) is 0.990. The van der Waals surface area contributed by atoms with Crippen LogP contribution in [0.2, 0.25) is 0 Å². The van der Waals surface area contributed by atoms with Crippen LogP contribution in [0.4, 0.5) is 0 Å². The predicted octanol–water partition coefficient (Wildman–Crippen LogP) is 5.15. The van der Waals surface area contributed by atoms with E-state index in [2.05, 4.69) is 46.8 Å². The Morgan fingerprint density at radius 1 is 1.10 bits per heavy atom. The van der Waals surface area contributed by atoms with Gasteiger partial charge in [-0.15, -0.1) is 0 Å². The summed E-state index contributed by atoms with van der Waals surface area (Å²) in [4.78, 5) is 11.1. The van der Waals surface area contributed by atoms with Gasteiger partial charge in [-0.25, -0.2) is 0 Å². The van der Waals surface area contributed by atoms with E-state index < -0.39 is 0 Å². The molecule has 0 N–H and O–H groups in total. The van der Waals surface area contributed by atoms with E-state index in [9.17, 15) is 4.79 Å². The Balaban J connectivity index is 2.75. The first kappa shape index (κ1) is 17.7. The standard InChI is InChI=1S/C19H30O2/c1-14(20)12-15(2)21-17-10-8-16(9-11-17)19(6,7)13-18(3,4)5/h8-11,15H,12-13H2,1-7H3. The van der Waals surface area contributed by atoms with Gasteiger partial charge in [-0.2, -0.15) is 0 Å². The number of carbonyl (C=O) groups is 1. The molecule has 1 rings (SSSR count). The lowest BCUT2D eigenvalue weighted by Gasteiger charge is -2.33. The fraction of sp³-hybridized carbons (Fsp3) is 0.632. The van der Waals surface area contributed by atoms with Crippen molar-refractivity contribution >= 4 is 5.78 Å².